The van der Waals surface area contributed by atoms with Crippen LogP contribution in [0.5, 0.6) is 0 Å². The van der Waals surface area contributed by atoms with Gasteiger partial charge in [0, 0.05) is 23.8 Å². The Morgan fingerprint density at radius 2 is 1.67 bits per heavy atom. The predicted molar refractivity (Wildman–Crippen MR) is 62.9 cm³/mol. The van der Waals surface area contributed by atoms with Crippen LogP contribution in [0.1, 0.15) is 32.1 Å². The number of piperidine rings is 1. The normalized spacial score (nSPS) is 40.3. The molecule has 0 bridgehead atoms. The van der Waals surface area contributed by atoms with Gasteiger partial charge in [0.2, 0.25) is 5.91 Å². The van der Waals surface area contributed by atoms with Crippen LogP contribution in [0.2, 0.25) is 0 Å². The minimum atomic E-state index is 0.389. The van der Waals surface area contributed by atoms with Crippen LogP contribution < -0.4 is 0 Å². The minimum Gasteiger partial charge on any atom is -0.342 e. The number of amides is 1. The Balaban J connectivity index is 1.55. The number of fused-ring (bicyclic) bond motifs is 1. The van der Waals surface area contributed by atoms with Crippen molar-refractivity contribution in [3.63, 3.8) is 0 Å². The predicted octanol–water partition coefficient (Wildman–Crippen LogP) is 2.42. The summed E-state index contributed by atoms with van der Waals surface area (Å²) in [5.41, 5.74) is 0. The van der Waals surface area contributed by atoms with Gasteiger partial charge in [-0.3, -0.25) is 4.79 Å². The largest absolute Gasteiger partial charge is 0.342 e. The molecule has 2 saturated carbocycles. The van der Waals surface area contributed by atoms with Crippen LogP contribution in [-0.2, 0) is 4.79 Å². The molecule has 0 aromatic heterocycles. The number of rotatable bonds is 1. The van der Waals surface area contributed by atoms with E-state index < -0.39 is 0 Å². The number of carbonyl (C=O) groups is 1. The molecule has 1 amide bonds. The van der Waals surface area contributed by atoms with Crippen LogP contribution in [0, 0.1) is 17.8 Å². The summed E-state index contributed by atoms with van der Waals surface area (Å²) in [4.78, 5) is 14.9. The topological polar surface area (TPSA) is 20.3 Å². The van der Waals surface area contributed by atoms with E-state index in [0.29, 0.717) is 16.7 Å². The van der Waals surface area contributed by atoms with Gasteiger partial charge in [0.15, 0.2) is 0 Å². The molecule has 3 rings (SSSR count). The number of nitrogens with zero attached hydrogens (tertiary/aromatic N) is 1. The molecule has 0 aromatic rings. The fourth-order valence-electron chi connectivity index (χ4n) is 3.24. The van der Waals surface area contributed by atoms with E-state index in [1.54, 1.807) is 0 Å². The zero-order chi connectivity index (χ0) is 10.4. The maximum absolute atomic E-state index is 12.2. The third kappa shape index (κ3) is 1.95. The van der Waals surface area contributed by atoms with Gasteiger partial charge in [0.05, 0.1) is 0 Å². The maximum Gasteiger partial charge on any atom is 0.225 e. The van der Waals surface area contributed by atoms with Crippen LogP contribution in [0.4, 0.5) is 0 Å². The van der Waals surface area contributed by atoms with Crippen molar-refractivity contribution in [2.75, 3.05) is 13.1 Å². The second-order valence-electron chi connectivity index (χ2n) is 5.42. The molecule has 2 aliphatic carbocycles. The lowest BCUT2D eigenvalue weighted by Crippen LogP contribution is -2.41. The summed E-state index contributed by atoms with van der Waals surface area (Å²) in [5.74, 6) is 2.70. The first kappa shape index (κ1) is 10.1. The average Bonchev–Trinajstić information content (AvgIpc) is 2.86. The first-order chi connectivity index (χ1) is 7.24. The Kier molecular flexibility index (Phi) is 2.54. The van der Waals surface area contributed by atoms with Crippen molar-refractivity contribution in [2.24, 2.45) is 17.8 Å². The van der Waals surface area contributed by atoms with E-state index in [4.69, 9.17) is 0 Å². The van der Waals surface area contributed by atoms with Gasteiger partial charge in [-0.25, -0.2) is 0 Å². The second-order valence-corrected chi connectivity index (χ2v) is 6.72. The first-order valence-electron chi connectivity index (χ1n) is 6.17. The molecule has 1 saturated heterocycles. The molecule has 0 N–H and O–H groups in total. The summed E-state index contributed by atoms with van der Waals surface area (Å²) in [7, 11) is 0. The van der Waals surface area contributed by atoms with Crippen molar-refractivity contribution in [2.45, 2.75) is 36.9 Å². The quantitative estimate of drug-likeness (QED) is 0.671. The summed E-state index contributed by atoms with van der Waals surface area (Å²) in [6, 6.07) is 0. The first-order valence-corrected chi connectivity index (χ1v) is 7.08. The van der Waals surface area contributed by atoms with Crippen LogP contribution >= 0.6 is 15.9 Å². The van der Waals surface area contributed by atoms with Gasteiger partial charge in [0.25, 0.3) is 0 Å². The van der Waals surface area contributed by atoms with Gasteiger partial charge in [-0.1, -0.05) is 15.9 Å². The van der Waals surface area contributed by atoms with Crippen molar-refractivity contribution in [3.8, 4) is 0 Å². The molecular weight excluding hydrogens is 254 g/mol. The van der Waals surface area contributed by atoms with Crippen LogP contribution in [0.3, 0.4) is 0 Å². The smallest absolute Gasteiger partial charge is 0.225 e. The Morgan fingerprint density at radius 3 is 2.27 bits per heavy atom. The van der Waals surface area contributed by atoms with E-state index >= 15 is 0 Å². The van der Waals surface area contributed by atoms with E-state index in [1.807, 2.05) is 0 Å². The van der Waals surface area contributed by atoms with E-state index in [1.165, 1.54) is 19.3 Å². The second kappa shape index (κ2) is 3.76. The lowest BCUT2D eigenvalue weighted by atomic mass is 10.0. The lowest BCUT2D eigenvalue weighted by molar-refractivity contribution is -0.136. The van der Waals surface area contributed by atoms with Crippen molar-refractivity contribution >= 4 is 21.8 Å². The fourth-order valence-corrected chi connectivity index (χ4v) is 3.65. The molecule has 84 valence electrons. The van der Waals surface area contributed by atoms with Gasteiger partial charge in [-0.15, -0.1) is 0 Å². The summed E-state index contributed by atoms with van der Waals surface area (Å²) < 4.78 is 0. The fraction of sp³-hybridized carbons (Fsp3) is 0.917. The Morgan fingerprint density at radius 1 is 1.07 bits per heavy atom. The zero-order valence-electron chi connectivity index (χ0n) is 8.99. The number of likely N-dealkylation sites (tertiary alicyclic amines) is 1. The molecular formula is C12H18BrNO. The number of hydrogen-bond acceptors (Lipinski definition) is 1. The molecule has 1 aliphatic heterocycles. The summed E-state index contributed by atoms with van der Waals surface area (Å²) >= 11 is 3.63. The number of carbonyl (C=O) groups excluding carboxylic acids is 1. The highest BCUT2D eigenvalue weighted by Gasteiger charge is 2.48. The molecule has 3 aliphatic rings. The summed E-state index contributed by atoms with van der Waals surface area (Å²) in [6.07, 6.45) is 6.05. The Labute approximate surface area is 99.5 Å². The van der Waals surface area contributed by atoms with Crippen molar-refractivity contribution in [1.82, 2.24) is 4.90 Å². The molecule has 0 radical (unpaired) electrons. The Hall–Kier alpha value is -0.0500. The van der Waals surface area contributed by atoms with Crippen molar-refractivity contribution in [1.29, 1.82) is 0 Å². The molecule has 0 spiro atoms. The number of hydrogen-bond donors (Lipinski definition) is 0. The number of halogens is 1. The maximum atomic E-state index is 12.2. The van der Waals surface area contributed by atoms with Gasteiger partial charge in [-0.2, -0.15) is 0 Å². The van der Waals surface area contributed by atoms with Gasteiger partial charge < -0.3 is 4.90 Å². The van der Waals surface area contributed by atoms with Crippen molar-refractivity contribution in [3.05, 3.63) is 0 Å². The molecule has 15 heavy (non-hydrogen) atoms. The van der Waals surface area contributed by atoms with Gasteiger partial charge in [0.1, 0.15) is 0 Å². The highest BCUT2D eigenvalue weighted by atomic mass is 79.9. The average molecular weight is 272 g/mol. The van der Waals surface area contributed by atoms with E-state index in [2.05, 4.69) is 20.8 Å². The minimum absolute atomic E-state index is 0.389. The number of alkyl halides is 1. The molecule has 3 heteroatoms. The van der Waals surface area contributed by atoms with E-state index in [9.17, 15) is 4.79 Å². The molecule has 0 aromatic carbocycles. The van der Waals surface area contributed by atoms with Crippen LogP contribution in [0.25, 0.3) is 0 Å². The standard InChI is InChI=1S/C12H18BrNO/c13-11-1-3-14(4-2-11)12(15)10-6-8-5-9(8)7-10/h8-11H,1-7H2. The van der Waals surface area contributed by atoms with Gasteiger partial charge in [-0.05, 0) is 43.9 Å². The van der Waals surface area contributed by atoms with E-state index in [0.717, 1.165) is 37.8 Å². The zero-order valence-corrected chi connectivity index (χ0v) is 10.6. The molecule has 2 unspecified atom stereocenters. The van der Waals surface area contributed by atoms with E-state index in [-0.39, 0.29) is 0 Å². The Bertz CT molecular complexity index is 263. The van der Waals surface area contributed by atoms with Gasteiger partial charge >= 0.3 is 0 Å². The summed E-state index contributed by atoms with van der Waals surface area (Å²) in [6.45, 7) is 1.95. The van der Waals surface area contributed by atoms with Crippen LogP contribution in [-0.4, -0.2) is 28.7 Å². The summed E-state index contributed by atoms with van der Waals surface area (Å²) in [5, 5.41) is 0. The SMILES string of the molecule is O=C(C1CC2CC2C1)N1CCC(Br)CC1. The monoisotopic (exact) mass is 271 g/mol. The third-order valence-electron chi connectivity index (χ3n) is 4.33. The molecule has 3 fully saturated rings. The highest BCUT2D eigenvalue weighted by Crippen LogP contribution is 2.54. The molecule has 2 atom stereocenters. The highest BCUT2D eigenvalue weighted by molar-refractivity contribution is 9.09. The third-order valence-corrected chi connectivity index (χ3v) is 5.24. The lowest BCUT2D eigenvalue weighted by Gasteiger charge is -2.31. The molecule has 2 nitrogen and oxygen atoms in total. The van der Waals surface area contributed by atoms with Crippen LogP contribution in [0.15, 0.2) is 0 Å². The van der Waals surface area contributed by atoms with Crippen molar-refractivity contribution < 1.29 is 4.79 Å². The molecule has 1 heterocycles.